The van der Waals surface area contributed by atoms with E-state index in [4.69, 9.17) is 23.2 Å². The first-order valence-corrected chi connectivity index (χ1v) is 4.13. The van der Waals surface area contributed by atoms with Crippen LogP contribution in [0, 0.1) is 0 Å². The van der Waals surface area contributed by atoms with Gasteiger partial charge in [-0.05, 0) is 0 Å². The topological polar surface area (TPSA) is 43.4 Å². The van der Waals surface area contributed by atoms with Crippen LogP contribution >= 0.6 is 23.2 Å². The van der Waals surface area contributed by atoms with Crippen molar-refractivity contribution in [3.8, 4) is 0 Å². The number of rotatable bonds is 2. The molecule has 0 atom stereocenters. The number of hydrogen-bond acceptors (Lipinski definition) is 3. The standard InChI is InChI=1S/C4H4Cl2O3.C2H6/c5-1-3(7)9-4(8)2-6;1-2/h1-2H2;1-2H3. The summed E-state index contributed by atoms with van der Waals surface area (Å²) in [4.78, 5) is 20.3. The molecule has 0 unspecified atom stereocenters. The van der Waals surface area contributed by atoms with Crippen molar-refractivity contribution in [2.24, 2.45) is 0 Å². The van der Waals surface area contributed by atoms with Crippen molar-refractivity contribution in [1.82, 2.24) is 0 Å². The molecule has 0 amide bonds. The number of carbonyl (C=O) groups is 2. The van der Waals surface area contributed by atoms with Crippen LogP contribution in [0.5, 0.6) is 0 Å². The lowest BCUT2D eigenvalue weighted by Gasteiger charge is -1.93. The average Bonchev–Trinajstić information content (AvgIpc) is 2.07. The van der Waals surface area contributed by atoms with Crippen molar-refractivity contribution in [1.29, 1.82) is 0 Å². The van der Waals surface area contributed by atoms with E-state index in [1.54, 1.807) is 0 Å². The maximum atomic E-state index is 10.1. The van der Waals surface area contributed by atoms with Gasteiger partial charge in [0.25, 0.3) is 0 Å². The molecule has 0 rings (SSSR count). The van der Waals surface area contributed by atoms with Crippen LogP contribution in [-0.2, 0) is 14.3 Å². The van der Waals surface area contributed by atoms with Crippen molar-refractivity contribution in [3.63, 3.8) is 0 Å². The first kappa shape index (κ1) is 13.3. The van der Waals surface area contributed by atoms with E-state index in [1.165, 1.54) is 0 Å². The number of esters is 2. The zero-order chi connectivity index (χ0) is 9.28. The van der Waals surface area contributed by atoms with Gasteiger partial charge in [0.05, 0.1) is 0 Å². The summed E-state index contributed by atoms with van der Waals surface area (Å²) in [5, 5.41) is 0. The van der Waals surface area contributed by atoms with Crippen LogP contribution in [0.1, 0.15) is 13.8 Å². The number of carbonyl (C=O) groups excluding carboxylic acids is 2. The maximum absolute atomic E-state index is 10.1. The molecule has 0 fully saturated rings. The van der Waals surface area contributed by atoms with Crippen molar-refractivity contribution >= 4 is 35.1 Å². The summed E-state index contributed by atoms with van der Waals surface area (Å²) in [6.07, 6.45) is 0. The van der Waals surface area contributed by atoms with Crippen LogP contribution < -0.4 is 0 Å². The normalized spacial score (nSPS) is 7.64. The van der Waals surface area contributed by atoms with Crippen LogP contribution in [0.4, 0.5) is 0 Å². The molecule has 0 saturated carbocycles. The van der Waals surface area contributed by atoms with Gasteiger partial charge in [0.15, 0.2) is 0 Å². The van der Waals surface area contributed by atoms with Crippen LogP contribution in [0.2, 0.25) is 0 Å². The van der Waals surface area contributed by atoms with E-state index >= 15 is 0 Å². The van der Waals surface area contributed by atoms with Gasteiger partial charge < -0.3 is 4.74 Å². The Balaban J connectivity index is 0. The molecule has 0 heterocycles. The van der Waals surface area contributed by atoms with Gasteiger partial charge in [-0.15, -0.1) is 23.2 Å². The molecule has 5 heteroatoms. The zero-order valence-electron chi connectivity index (χ0n) is 6.39. The molecule has 3 nitrogen and oxygen atoms in total. The number of hydrogen-bond donors (Lipinski definition) is 0. The fraction of sp³-hybridized carbons (Fsp3) is 0.667. The molecule has 0 bridgehead atoms. The second kappa shape index (κ2) is 9.72. The van der Waals surface area contributed by atoms with Crippen molar-refractivity contribution in [2.75, 3.05) is 11.8 Å². The highest BCUT2D eigenvalue weighted by atomic mass is 35.5. The lowest BCUT2D eigenvalue weighted by molar-refractivity contribution is -0.155. The Hall–Kier alpha value is -0.280. The van der Waals surface area contributed by atoms with E-state index in [2.05, 4.69) is 4.74 Å². The van der Waals surface area contributed by atoms with Gasteiger partial charge in [-0.3, -0.25) is 9.59 Å². The Bertz CT molecular complexity index is 111. The quantitative estimate of drug-likeness (QED) is 0.386. The van der Waals surface area contributed by atoms with Gasteiger partial charge in [0.2, 0.25) is 0 Å². The first-order valence-electron chi connectivity index (χ1n) is 3.06. The summed E-state index contributed by atoms with van der Waals surface area (Å²) >= 11 is 9.97. The molecule has 0 aromatic rings. The number of halogens is 2. The monoisotopic (exact) mass is 200 g/mol. The maximum Gasteiger partial charge on any atom is 0.328 e. The molecule has 0 aromatic carbocycles. The highest BCUT2D eigenvalue weighted by molar-refractivity contribution is 6.29. The summed E-state index contributed by atoms with van der Waals surface area (Å²) in [5.74, 6) is -2.21. The number of alkyl halides is 2. The van der Waals surface area contributed by atoms with Gasteiger partial charge in [0.1, 0.15) is 11.8 Å². The Morgan fingerprint density at radius 3 is 1.55 bits per heavy atom. The minimum atomic E-state index is -0.776. The Morgan fingerprint density at radius 2 is 1.36 bits per heavy atom. The highest BCUT2D eigenvalue weighted by Gasteiger charge is 2.05. The molecule has 0 spiro atoms. The van der Waals surface area contributed by atoms with Crippen LogP contribution in [0.3, 0.4) is 0 Å². The molecule has 0 N–H and O–H groups in total. The highest BCUT2D eigenvalue weighted by Crippen LogP contribution is 1.86. The van der Waals surface area contributed by atoms with Gasteiger partial charge >= 0.3 is 11.9 Å². The summed E-state index contributed by atoms with van der Waals surface area (Å²) < 4.78 is 4.01. The zero-order valence-corrected chi connectivity index (χ0v) is 7.91. The van der Waals surface area contributed by atoms with Crippen molar-refractivity contribution in [3.05, 3.63) is 0 Å². The van der Waals surface area contributed by atoms with E-state index in [9.17, 15) is 9.59 Å². The van der Waals surface area contributed by atoms with E-state index in [0.29, 0.717) is 0 Å². The van der Waals surface area contributed by atoms with E-state index < -0.39 is 11.9 Å². The van der Waals surface area contributed by atoms with Crippen LogP contribution in [0.25, 0.3) is 0 Å². The summed E-state index contributed by atoms with van der Waals surface area (Å²) in [6, 6.07) is 0. The van der Waals surface area contributed by atoms with E-state index in [1.807, 2.05) is 13.8 Å². The van der Waals surface area contributed by atoms with E-state index in [0.717, 1.165) is 0 Å². The molecule has 0 aliphatic carbocycles. The molecule has 11 heavy (non-hydrogen) atoms. The first-order chi connectivity index (χ1) is 5.20. The minimum Gasteiger partial charge on any atom is -0.391 e. The molecule has 0 radical (unpaired) electrons. The van der Waals surface area contributed by atoms with Gasteiger partial charge in [-0.25, -0.2) is 0 Å². The second-order valence-electron chi connectivity index (χ2n) is 1.11. The van der Waals surface area contributed by atoms with Gasteiger partial charge in [-0.1, -0.05) is 13.8 Å². The van der Waals surface area contributed by atoms with Crippen LogP contribution in [-0.4, -0.2) is 23.7 Å². The largest absolute Gasteiger partial charge is 0.391 e. The fourth-order valence-corrected chi connectivity index (χ4v) is 0.291. The molecule has 0 aliphatic heterocycles. The smallest absolute Gasteiger partial charge is 0.328 e. The average molecular weight is 201 g/mol. The molecule has 0 saturated heterocycles. The SMILES string of the molecule is CC.O=C(CCl)OC(=O)CCl. The third kappa shape index (κ3) is 9.72. The summed E-state index contributed by atoms with van der Waals surface area (Å²) in [5.41, 5.74) is 0. The minimum absolute atomic E-state index is 0.331. The Morgan fingerprint density at radius 1 is 1.09 bits per heavy atom. The van der Waals surface area contributed by atoms with E-state index in [-0.39, 0.29) is 11.8 Å². The van der Waals surface area contributed by atoms with Crippen molar-refractivity contribution in [2.45, 2.75) is 13.8 Å². The van der Waals surface area contributed by atoms with Crippen LogP contribution in [0.15, 0.2) is 0 Å². The molecule has 0 aromatic heterocycles. The lowest BCUT2D eigenvalue weighted by atomic mass is 10.7. The molecule has 66 valence electrons. The summed E-state index contributed by atoms with van der Waals surface area (Å²) in [6.45, 7) is 4.00. The number of ether oxygens (including phenoxy) is 1. The third-order valence-electron chi connectivity index (χ3n) is 0.446. The lowest BCUT2D eigenvalue weighted by Crippen LogP contribution is -2.13. The predicted molar refractivity (Wildman–Crippen MR) is 43.9 cm³/mol. The third-order valence-corrected chi connectivity index (χ3v) is 0.882. The van der Waals surface area contributed by atoms with Gasteiger partial charge in [-0.2, -0.15) is 0 Å². The van der Waals surface area contributed by atoms with Crippen molar-refractivity contribution < 1.29 is 14.3 Å². The molecular formula is C6H10Cl2O3. The molecule has 0 aliphatic rings. The van der Waals surface area contributed by atoms with Gasteiger partial charge in [0, 0.05) is 0 Å². The second-order valence-corrected chi connectivity index (χ2v) is 1.65. The summed E-state index contributed by atoms with van der Waals surface area (Å²) in [7, 11) is 0. The Kier molecular flexibility index (Phi) is 11.8. The predicted octanol–water partition coefficient (Wildman–Crippen LogP) is 1.56. The molecular weight excluding hydrogens is 191 g/mol. The Labute approximate surface area is 75.6 Å². The fourth-order valence-electron chi connectivity index (χ4n) is 0.182.